The van der Waals surface area contributed by atoms with Gasteiger partial charge in [-0.1, -0.05) is 24.3 Å². The molecule has 0 N–H and O–H groups in total. The van der Waals surface area contributed by atoms with Crippen LogP contribution in [0.5, 0.6) is 0 Å². The first-order chi connectivity index (χ1) is 12.7. The first-order valence-electron chi connectivity index (χ1n) is 9.18. The smallest absolute Gasteiger partial charge is 0.253 e. The van der Waals surface area contributed by atoms with E-state index in [9.17, 15) is 9.59 Å². The molecular weight excluding hydrogens is 330 g/mol. The molecule has 2 aromatic rings. The van der Waals surface area contributed by atoms with Crippen LogP contribution in [0.2, 0.25) is 0 Å². The van der Waals surface area contributed by atoms with Crippen molar-refractivity contribution in [1.29, 1.82) is 0 Å². The number of hydrogen-bond acceptors (Lipinski definition) is 4. The van der Waals surface area contributed by atoms with Gasteiger partial charge in [0.1, 0.15) is 6.10 Å². The number of likely N-dealkylation sites (tertiary alicyclic amines) is 1. The number of ether oxygens (including phenoxy) is 1. The van der Waals surface area contributed by atoms with E-state index in [1.54, 1.807) is 10.9 Å². The monoisotopic (exact) mass is 353 g/mol. The first kappa shape index (κ1) is 17.0. The van der Waals surface area contributed by atoms with Gasteiger partial charge in [0, 0.05) is 38.3 Å². The van der Waals surface area contributed by atoms with Crippen molar-refractivity contribution in [2.45, 2.75) is 38.5 Å². The summed E-state index contributed by atoms with van der Waals surface area (Å²) in [6.07, 6.45) is 5.19. The number of hydrogen-bond donors (Lipinski definition) is 0. The van der Waals surface area contributed by atoms with E-state index in [1.807, 2.05) is 17.0 Å². The molecule has 1 fully saturated rings. The minimum absolute atomic E-state index is 0.0206. The standard InChI is InChI=1S/C20H23N3O3/c24-19-5-8-21-14-23(19)12-15-6-9-22(10-7-15)20(25)18-11-16-3-1-2-4-17(16)13-26-18/h1-5,8,14-15,18H,6-7,9-13H2. The maximum Gasteiger partial charge on any atom is 0.253 e. The van der Waals surface area contributed by atoms with Crippen LogP contribution in [0.25, 0.3) is 0 Å². The molecule has 136 valence electrons. The van der Waals surface area contributed by atoms with Gasteiger partial charge in [0.05, 0.1) is 12.9 Å². The Kier molecular flexibility index (Phi) is 4.84. The zero-order valence-corrected chi connectivity index (χ0v) is 14.7. The molecule has 0 radical (unpaired) electrons. The first-order valence-corrected chi connectivity index (χ1v) is 9.18. The third-order valence-electron chi connectivity index (χ3n) is 5.41. The molecule has 1 atom stereocenters. The molecule has 2 aliphatic heterocycles. The van der Waals surface area contributed by atoms with E-state index in [-0.39, 0.29) is 17.6 Å². The number of aromatic nitrogens is 2. The lowest BCUT2D eigenvalue weighted by atomic mass is 9.94. The predicted molar refractivity (Wildman–Crippen MR) is 96.5 cm³/mol. The van der Waals surface area contributed by atoms with Gasteiger partial charge in [-0.3, -0.25) is 14.2 Å². The Morgan fingerprint density at radius 3 is 2.69 bits per heavy atom. The Morgan fingerprint density at radius 1 is 1.15 bits per heavy atom. The van der Waals surface area contributed by atoms with E-state index in [1.165, 1.54) is 23.4 Å². The fourth-order valence-electron chi connectivity index (χ4n) is 3.84. The Hall–Kier alpha value is -2.47. The molecule has 1 aromatic carbocycles. The second-order valence-electron chi connectivity index (χ2n) is 7.11. The van der Waals surface area contributed by atoms with Gasteiger partial charge >= 0.3 is 0 Å². The molecular formula is C20H23N3O3. The molecule has 26 heavy (non-hydrogen) atoms. The molecule has 6 heteroatoms. The molecule has 1 saturated heterocycles. The molecule has 0 saturated carbocycles. The van der Waals surface area contributed by atoms with Gasteiger partial charge < -0.3 is 9.64 Å². The Balaban J connectivity index is 1.33. The highest BCUT2D eigenvalue weighted by molar-refractivity contribution is 5.81. The van der Waals surface area contributed by atoms with E-state index < -0.39 is 0 Å². The Bertz CT molecular complexity index is 840. The van der Waals surface area contributed by atoms with Gasteiger partial charge in [-0.25, -0.2) is 4.98 Å². The Morgan fingerprint density at radius 2 is 1.92 bits per heavy atom. The van der Waals surface area contributed by atoms with E-state index in [0.29, 0.717) is 25.5 Å². The van der Waals surface area contributed by atoms with Crippen LogP contribution in [0, 0.1) is 5.92 Å². The number of amides is 1. The summed E-state index contributed by atoms with van der Waals surface area (Å²) in [4.78, 5) is 30.6. The van der Waals surface area contributed by atoms with E-state index >= 15 is 0 Å². The van der Waals surface area contributed by atoms with Crippen LogP contribution in [0.15, 0.2) is 47.7 Å². The van der Waals surface area contributed by atoms with Gasteiger partial charge in [-0.2, -0.15) is 0 Å². The van der Waals surface area contributed by atoms with Crippen molar-refractivity contribution in [1.82, 2.24) is 14.5 Å². The zero-order chi connectivity index (χ0) is 17.9. The summed E-state index contributed by atoms with van der Waals surface area (Å²) in [5.41, 5.74) is 2.37. The highest BCUT2D eigenvalue weighted by Gasteiger charge is 2.31. The topological polar surface area (TPSA) is 64.4 Å². The zero-order valence-electron chi connectivity index (χ0n) is 14.7. The minimum Gasteiger partial charge on any atom is -0.363 e. The Labute approximate surface area is 152 Å². The molecule has 3 heterocycles. The van der Waals surface area contributed by atoms with Crippen LogP contribution in [-0.2, 0) is 29.1 Å². The number of piperidine rings is 1. The number of fused-ring (bicyclic) bond motifs is 1. The van der Waals surface area contributed by atoms with Crippen LogP contribution >= 0.6 is 0 Å². The maximum absolute atomic E-state index is 12.8. The van der Waals surface area contributed by atoms with Crippen LogP contribution in [-0.4, -0.2) is 39.6 Å². The summed E-state index contributed by atoms with van der Waals surface area (Å²) in [6.45, 7) is 2.62. The van der Waals surface area contributed by atoms with Gasteiger partial charge in [-0.15, -0.1) is 0 Å². The van der Waals surface area contributed by atoms with Crippen molar-refractivity contribution in [3.8, 4) is 0 Å². The summed E-state index contributed by atoms with van der Waals surface area (Å²) in [6, 6.07) is 9.63. The molecule has 1 amide bonds. The van der Waals surface area contributed by atoms with Gasteiger partial charge in [0.25, 0.3) is 11.5 Å². The van der Waals surface area contributed by atoms with Crippen molar-refractivity contribution >= 4 is 5.91 Å². The van der Waals surface area contributed by atoms with Crippen molar-refractivity contribution in [2.24, 2.45) is 5.92 Å². The largest absolute Gasteiger partial charge is 0.363 e. The number of carbonyl (C=O) groups excluding carboxylic acids is 1. The molecule has 0 spiro atoms. The fraction of sp³-hybridized carbons (Fsp3) is 0.450. The summed E-state index contributed by atoms with van der Waals surface area (Å²) >= 11 is 0. The summed E-state index contributed by atoms with van der Waals surface area (Å²) in [5, 5.41) is 0. The lowest BCUT2D eigenvalue weighted by molar-refractivity contribution is -0.147. The van der Waals surface area contributed by atoms with Gasteiger partial charge in [0.2, 0.25) is 0 Å². The molecule has 2 aliphatic rings. The lowest BCUT2D eigenvalue weighted by Gasteiger charge is -2.35. The van der Waals surface area contributed by atoms with E-state index in [2.05, 4.69) is 17.1 Å². The molecule has 0 bridgehead atoms. The highest BCUT2D eigenvalue weighted by Crippen LogP contribution is 2.24. The van der Waals surface area contributed by atoms with Crippen LogP contribution in [0.3, 0.4) is 0 Å². The maximum atomic E-state index is 12.8. The molecule has 4 rings (SSSR count). The van der Waals surface area contributed by atoms with Crippen molar-refractivity contribution < 1.29 is 9.53 Å². The van der Waals surface area contributed by atoms with Gasteiger partial charge in [0.15, 0.2) is 0 Å². The summed E-state index contributed by atoms with van der Waals surface area (Å²) in [5.74, 6) is 0.491. The summed E-state index contributed by atoms with van der Waals surface area (Å²) in [7, 11) is 0. The molecule has 1 aromatic heterocycles. The minimum atomic E-state index is -0.373. The molecule has 6 nitrogen and oxygen atoms in total. The van der Waals surface area contributed by atoms with E-state index in [0.717, 1.165) is 25.9 Å². The summed E-state index contributed by atoms with van der Waals surface area (Å²) < 4.78 is 7.47. The van der Waals surface area contributed by atoms with Crippen molar-refractivity contribution in [2.75, 3.05) is 13.1 Å². The van der Waals surface area contributed by atoms with Gasteiger partial charge in [-0.05, 0) is 29.9 Å². The highest BCUT2D eigenvalue weighted by atomic mass is 16.5. The van der Waals surface area contributed by atoms with Crippen molar-refractivity contribution in [3.05, 3.63) is 64.3 Å². The number of nitrogens with zero attached hydrogens (tertiary/aromatic N) is 3. The predicted octanol–water partition coefficient (Wildman–Crippen LogP) is 1.62. The third kappa shape index (κ3) is 3.55. The van der Waals surface area contributed by atoms with Crippen LogP contribution < -0.4 is 5.56 Å². The van der Waals surface area contributed by atoms with Crippen molar-refractivity contribution in [3.63, 3.8) is 0 Å². The second kappa shape index (κ2) is 7.41. The third-order valence-corrected chi connectivity index (χ3v) is 5.41. The molecule has 0 aliphatic carbocycles. The van der Waals surface area contributed by atoms with E-state index in [4.69, 9.17) is 4.74 Å². The lowest BCUT2D eigenvalue weighted by Crippen LogP contribution is -2.47. The fourth-order valence-corrected chi connectivity index (χ4v) is 3.84. The number of benzene rings is 1. The number of carbonyl (C=O) groups is 1. The second-order valence-corrected chi connectivity index (χ2v) is 7.11. The molecule has 1 unspecified atom stereocenters. The normalized spacial score (nSPS) is 20.6. The van der Waals surface area contributed by atoms with Crippen LogP contribution in [0.4, 0.5) is 0 Å². The SMILES string of the molecule is O=C(C1Cc2ccccc2CO1)N1CCC(Cn2cnccc2=O)CC1. The van der Waals surface area contributed by atoms with Crippen LogP contribution in [0.1, 0.15) is 24.0 Å². The number of rotatable bonds is 3. The quantitative estimate of drug-likeness (QED) is 0.841. The average molecular weight is 353 g/mol. The average Bonchev–Trinajstić information content (AvgIpc) is 2.69.